The maximum Gasteiger partial charge on any atom is 0.00997 e. The fourth-order valence-corrected chi connectivity index (χ4v) is 1.99. The molecule has 1 nitrogen and oxygen atoms in total. The summed E-state index contributed by atoms with van der Waals surface area (Å²) in [5, 5.41) is 0. The van der Waals surface area contributed by atoms with Gasteiger partial charge in [-0.25, -0.2) is 0 Å². The van der Waals surface area contributed by atoms with Gasteiger partial charge in [0, 0.05) is 5.54 Å². The lowest BCUT2D eigenvalue weighted by molar-refractivity contribution is 0.379. The molecular weight excluding hydrogens is 170 g/mol. The van der Waals surface area contributed by atoms with Crippen molar-refractivity contribution in [3.8, 4) is 0 Å². The van der Waals surface area contributed by atoms with Crippen LogP contribution >= 0.6 is 0 Å². The highest BCUT2D eigenvalue weighted by atomic mass is 14.7. The third-order valence-corrected chi connectivity index (χ3v) is 2.30. The number of hydrogen-bond acceptors (Lipinski definition) is 1. The predicted molar refractivity (Wildman–Crippen MR) is 62.2 cm³/mol. The van der Waals surface area contributed by atoms with Crippen LogP contribution in [0.25, 0.3) is 0 Å². The Labute approximate surface area is 87.3 Å². The second-order valence-corrected chi connectivity index (χ2v) is 4.99. The van der Waals surface area contributed by atoms with Crippen LogP contribution in [0.15, 0.2) is 30.3 Å². The molecule has 1 aromatic carbocycles. The minimum atomic E-state index is -0.0474. The molecular formula is C13H21N. The van der Waals surface area contributed by atoms with Gasteiger partial charge < -0.3 is 5.73 Å². The van der Waals surface area contributed by atoms with Gasteiger partial charge in [-0.1, -0.05) is 37.3 Å². The summed E-state index contributed by atoms with van der Waals surface area (Å²) in [6, 6.07) is 10.6. The molecule has 0 saturated carbocycles. The van der Waals surface area contributed by atoms with E-state index in [1.54, 1.807) is 0 Å². The molecule has 0 radical (unpaired) electrons. The predicted octanol–water partition coefficient (Wildman–Crippen LogP) is 2.99. The summed E-state index contributed by atoms with van der Waals surface area (Å²) in [6.45, 7) is 6.45. The third-order valence-electron chi connectivity index (χ3n) is 2.30. The molecule has 78 valence electrons. The van der Waals surface area contributed by atoms with Crippen molar-refractivity contribution in [2.75, 3.05) is 0 Å². The van der Waals surface area contributed by atoms with Gasteiger partial charge in [-0.2, -0.15) is 0 Å². The van der Waals surface area contributed by atoms with Crippen molar-refractivity contribution in [3.63, 3.8) is 0 Å². The maximum absolute atomic E-state index is 5.99. The van der Waals surface area contributed by atoms with Crippen molar-refractivity contribution in [2.45, 2.75) is 39.2 Å². The minimum absolute atomic E-state index is 0.0474. The molecule has 0 fully saturated rings. The lowest BCUT2D eigenvalue weighted by Crippen LogP contribution is -2.34. The summed E-state index contributed by atoms with van der Waals surface area (Å²) in [6.07, 6.45) is 2.20. The summed E-state index contributed by atoms with van der Waals surface area (Å²) >= 11 is 0. The van der Waals surface area contributed by atoms with E-state index in [9.17, 15) is 0 Å². The van der Waals surface area contributed by atoms with Crippen LogP contribution in [0.3, 0.4) is 0 Å². The molecule has 0 saturated heterocycles. The van der Waals surface area contributed by atoms with Gasteiger partial charge in [-0.3, -0.25) is 0 Å². The number of rotatable bonds is 4. The lowest BCUT2D eigenvalue weighted by atomic mass is 9.88. The first-order valence-corrected chi connectivity index (χ1v) is 5.30. The summed E-state index contributed by atoms with van der Waals surface area (Å²) in [5.74, 6) is 0.650. The molecule has 2 N–H and O–H groups in total. The van der Waals surface area contributed by atoms with Crippen molar-refractivity contribution in [3.05, 3.63) is 35.9 Å². The van der Waals surface area contributed by atoms with Crippen LogP contribution in [0.2, 0.25) is 0 Å². The largest absolute Gasteiger partial charge is 0.326 e. The Morgan fingerprint density at radius 1 is 1.21 bits per heavy atom. The van der Waals surface area contributed by atoms with Crippen LogP contribution in [-0.2, 0) is 6.42 Å². The van der Waals surface area contributed by atoms with Crippen LogP contribution < -0.4 is 5.73 Å². The number of benzene rings is 1. The van der Waals surface area contributed by atoms with Crippen LogP contribution in [0.1, 0.15) is 32.8 Å². The molecule has 1 rings (SSSR count). The SMILES string of the molecule is CC(Cc1ccccc1)CC(C)(C)N. The van der Waals surface area contributed by atoms with Gasteiger partial charge in [-0.15, -0.1) is 0 Å². The van der Waals surface area contributed by atoms with Gasteiger partial charge in [0.15, 0.2) is 0 Å². The molecule has 0 aliphatic heterocycles. The third kappa shape index (κ3) is 4.43. The van der Waals surface area contributed by atoms with E-state index in [1.807, 2.05) is 0 Å². The zero-order valence-electron chi connectivity index (χ0n) is 9.46. The Balaban J connectivity index is 2.46. The van der Waals surface area contributed by atoms with Crippen LogP contribution in [0.5, 0.6) is 0 Å². The summed E-state index contributed by atoms with van der Waals surface area (Å²) < 4.78 is 0. The summed E-state index contributed by atoms with van der Waals surface area (Å²) in [5.41, 5.74) is 7.35. The molecule has 1 atom stereocenters. The van der Waals surface area contributed by atoms with Crippen molar-refractivity contribution < 1.29 is 0 Å². The number of hydrogen-bond donors (Lipinski definition) is 1. The molecule has 1 heteroatoms. The van der Waals surface area contributed by atoms with Gasteiger partial charge in [0.05, 0.1) is 0 Å². The monoisotopic (exact) mass is 191 g/mol. The fourth-order valence-electron chi connectivity index (χ4n) is 1.99. The van der Waals surface area contributed by atoms with E-state index >= 15 is 0 Å². The average Bonchev–Trinajstić information content (AvgIpc) is 2.02. The Bertz CT molecular complexity index is 258. The first kappa shape index (κ1) is 11.3. The Morgan fingerprint density at radius 2 is 1.79 bits per heavy atom. The van der Waals surface area contributed by atoms with Gasteiger partial charge in [0.25, 0.3) is 0 Å². The standard InChI is InChI=1S/C13H21N/c1-11(10-13(2,3)14)9-12-7-5-4-6-8-12/h4-8,11H,9-10,14H2,1-3H3. The molecule has 0 spiro atoms. The Hall–Kier alpha value is -0.820. The van der Waals surface area contributed by atoms with E-state index in [1.165, 1.54) is 5.56 Å². The second-order valence-electron chi connectivity index (χ2n) is 4.99. The molecule has 0 amide bonds. The van der Waals surface area contributed by atoms with E-state index in [0.29, 0.717) is 5.92 Å². The topological polar surface area (TPSA) is 26.0 Å². The van der Waals surface area contributed by atoms with Crippen LogP contribution in [-0.4, -0.2) is 5.54 Å². The Morgan fingerprint density at radius 3 is 2.29 bits per heavy atom. The highest BCUT2D eigenvalue weighted by Gasteiger charge is 2.15. The van der Waals surface area contributed by atoms with Crippen molar-refractivity contribution >= 4 is 0 Å². The molecule has 0 aliphatic rings. The maximum atomic E-state index is 5.99. The van der Waals surface area contributed by atoms with E-state index < -0.39 is 0 Å². The highest BCUT2D eigenvalue weighted by molar-refractivity contribution is 5.15. The van der Waals surface area contributed by atoms with E-state index in [0.717, 1.165) is 12.8 Å². The molecule has 0 bridgehead atoms. The molecule has 1 unspecified atom stereocenters. The zero-order valence-corrected chi connectivity index (χ0v) is 9.46. The van der Waals surface area contributed by atoms with Gasteiger partial charge in [0.1, 0.15) is 0 Å². The average molecular weight is 191 g/mol. The quantitative estimate of drug-likeness (QED) is 0.778. The van der Waals surface area contributed by atoms with Crippen molar-refractivity contribution in [1.29, 1.82) is 0 Å². The van der Waals surface area contributed by atoms with E-state index in [-0.39, 0.29) is 5.54 Å². The Kier molecular flexibility index (Phi) is 3.70. The first-order chi connectivity index (χ1) is 6.47. The van der Waals surface area contributed by atoms with Crippen molar-refractivity contribution in [2.24, 2.45) is 11.7 Å². The number of nitrogens with two attached hydrogens (primary N) is 1. The zero-order chi connectivity index (χ0) is 10.6. The highest BCUT2D eigenvalue weighted by Crippen LogP contribution is 2.17. The molecule has 0 aliphatic carbocycles. The second kappa shape index (κ2) is 4.61. The smallest absolute Gasteiger partial charge is 0.00997 e. The van der Waals surface area contributed by atoms with Gasteiger partial charge in [0.2, 0.25) is 0 Å². The van der Waals surface area contributed by atoms with Gasteiger partial charge in [-0.05, 0) is 38.2 Å². The van der Waals surface area contributed by atoms with E-state index in [2.05, 4.69) is 51.1 Å². The van der Waals surface area contributed by atoms with E-state index in [4.69, 9.17) is 5.73 Å². The first-order valence-electron chi connectivity index (χ1n) is 5.30. The summed E-state index contributed by atoms with van der Waals surface area (Å²) in [7, 11) is 0. The fraction of sp³-hybridized carbons (Fsp3) is 0.538. The minimum Gasteiger partial charge on any atom is -0.326 e. The molecule has 0 heterocycles. The molecule has 14 heavy (non-hydrogen) atoms. The lowest BCUT2D eigenvalue weighted by Gasteiger charge is -2.23. The van der Waals surface area contributed by atoms with Crippen LogP contribution in [0.4, 0.5) is 0 Å². The molecule has 1 aromatic rings. The molecule has 0 aromatic heterocycles. The van der Waals surface area contributed by atoms with Crippen molar-refractivity contribution in [1.82, 2.24) is 0 Å². The normalized spacial score (nSPS) is 14.0. The van der Waals surface area contributed by atoms with Gasteiger partial charge >= 0.3 is 0 Å². The summed E-state index contributed by atoms with van der Waals surface area (Å²) in [4.78, 5) is 0. The van der Waals surface area contributed by atoms with Crippen LogP contribution in [0, 0.1) is 5.92 Å².